The number of amides is 1. The second-order valence-electron chi connectivity index (χ2n) is 5.59. The number of anilines is 1. The van der Waals surface area contributed by atoms with Crippen molar-refractivity contribution in [2.45, 2.75) is 19.4 Å². The number of rotatable bonds is 4. The molecule has 1 aromatic heterocycles. The van der Waals surface area contributed by atoms with Gasteiger partial charge >= 0.3 is 0 Å². The van der Waals surface area contributed by atoms with Crippen LogP contribution in [0.4, 0.5) is 5.82 Å². The van der Waals surface area contributed by atoms with Gasteiger partial charge in [0.25, 0.3) is 0 Å². The van der Waals surface area contributed by atoms with Crippen LogP contribution in [-0.4, -0.2) is 28.8 Å². The third-order valence-electron chi connectivity index (χ3n) is 4.05. The van der Waals surface area contributed by atoms with Crippen molar-refractivity contribution in [3.8, 4) is 0 Å². The standard InChI is InChI=1S/C16H18Cl2N4O.ClH/c17-13-2-1-3-14(18)12(13)10-22-15(6-9-20-22)21-16(23)11-4-7-19-8-5-11;/h1-3,6,9,11,19H,4-5,7-8,10H2,(H,21,23);1H. The predicted octanol–water partition coefficient (Wildman–Crippen LogP) is 3.60. The lowest BCUT2D eigenvalue weighted by molar-refractivity contribution is -0.120. The molecule has 5 nitrogen and oxygen atoms in total. The van der Waals surface area contributed by atoms with E-state index in [0.717, 1.165) is 31.5 Å². The fraction of sp³-hybridized carbons (Fsp3) is 0.375. The van der Waals surface area contributed by atoms with E-state index >= 15 is 0 Å². The maximum atomic E-state index is 12.4. The minimum atomic E-state index is 0. The van der Waals surface area contributed by atoms with E-state index in [4.69, 9.17) is 23.2 Å². The van der Waals surface area contributed by atoms with Crippen molar-refractivity contribution in [2.24, 2.45) is 5.92 Å². The number of halogens is 3. The third kappa shape index (κ3) is 4.42. The van der Waals surface area contributed by atoms with Crippen LogP contribution in [0, 0.1) is 5.92 Å². The van der Waals surface area contributed by atoms with Gasteiger partial charge in [-0.05, 0) is 38.1 Å². The van der Waals surface area contributed by atoms with Gasteiger partial charge < -0.3 is 10.6 Å². The van der Waals surface area contributed by atoms with Gasteiger partial charge in [0, 0.05) is 27.6 Å². The molecule has 24 heavy (non-hydrogen) atoms. The highest BCUT2D eigenvalue weighted by Crippen LogP contribution is 2.26. The molecule has 130 valence electrons. The summed E-state index contributed by atoms with van der Waals surface area (Å²) < 4.78 is 1.70. The van der Waals surface area contributed by atoms with E-state index in [0.29, 0.717) is 22.4 Å². The number of piperidine rings is 1. The second-order valence-corrected chi connectivity index (χ2v) is 6.40. The van der Waals surface area contributed by atoms with Gasteiger partial charge in [0.2, 0.25) is 5.91 Å². The number of carbonyl (C=O) groups is 1. The highest BCUT2D eigenvalue weighted by Gasteiger charge is 2.22. The number of hydrogen-bond donors (Lipinski definition) is 2. The maximum absolute atomic E-state index is 12.4. The summed E-state index contributed by atoms with van der Waals surface area (Å²) in [7, 11) is 0. The van der Waals surface area contributed by atoms with Gasteiger partial charge in [-0.1, -0.05) is 29.3 Å². The van der Waals surface area contributed by atoms with E-state index < -0.39 is 0 Å². The predicted molar refractivity (Wildman–Crippen MR) is 99.3 cm³/mol. The number of nitrogens with one attached hydrogen (secondary N) is 2. The molecule has 0 bridgehead atoms. The molecule has 0 atom stereocenters. The van der Waals surface area contributed by atoms with Crippen LogP contribution in [0.15, 0.2) is 30.5 Å². The second kappa shape index (κ2) is 8.72. The molecule has 0 aliphatic carbocycles. The molecule has 1 aliphatic heterocycles. The van der Waals surface area contributed by atoms with Crippen molar-refractivity contribution in [1.82, 2.24) is 15.1 Å². The summed E-state index contributed by atoms with van der Waals surface area (Å²) >= 11 is 12.4. The molecule has 2 N–H and O–H groups in total. The molecule has 0 spiro atoms. The van der Waals surface area contributed by atoms with E-state index in [1.54, 1.807) is 35.1 Å². The first kappa shape index (κ1) is 19.1. The van der Waals surface area contributed by atoms with E-state index in [2.05, 4.69) is 15.7 Å². The lowest BCUT2D eigenvalue weighted by Crippen LogP contribution is -2.35. The average Bonchev–Trinajstić information content (AvgIpc) is 2.99. The van der Waals surface area contributed by atoms with E-state index in [-0.39, 0.29) is 24.2 Å². The minimum absolute atomic E-state index is 0. The molecule has 1 aromatic carbocycles. The Morgan fingerprint density at radius 1 is 1.25 bits per heavy atom. The van der Waals surface area contributed by atoms with Gasteiger partial charge in [-0.3, -0.25) is 4.79 Å². The first-order valence-electron chi connectivity index (χ1n) is 7.61. The lowest BCUT2D eigenvalue weighted by Gasteiger charge is -2.22. The Hall–Kier alpha value is -1.27. The van der Waals surface area contributed by atoms with Gasteiger partial charge in [-0.2, -0.15) is 5.10 Å². The Bertz CT molecular complexity index is 678. The van der Waals surface area contributed by atoms with E-state index in [9.17, 15) is 4.79 Å². The first-order valence-corrected chi connectivity index (χ1v) is 8.37. The SMILES string of the molecule is Cl.O=C(Nc1ccnn1Cc1c(Cl)cccc1Cl)C1CCNCC1. The molecule has 3 rings (SSSR count). The largest absolute Gasteiger partial charge is 0.317 e. The topological polar surface area (TPSA) is 59.0 Å². The zero-order valence-corrected chi connectivity index (χ0v) is 15.3. The highest BCUT2D eigenvalue weighted by atomic mass is 35.5. The summed E-state index contributed by atoms with van der Waals surface area (Å²) in [6.45, 7) is 2.17. The number of aromatic nitrogens is 2. The number of nitrogens with zero attached hydrogens (tertiary/aromatic N) is 2. The van der Waals surface area contributed by atoms with Crippen LogP contribution in [0.5, 0.6) is 0 Å². The fourth-order valence-electron chi connectivity index (χ4n) is 2.71. The van der Waals surface area contributed by atoms with Crippen molar-refractivity contribution < 1.29 is 4.79 Å². The fourth-order valence-corrected chi connectivity index (χ4v) is 3.23. The third-order valence-corrected chi connectivity index (χ3v) is 4.76. The molecule has 0 unspecified atom stereocenters. The van der Waals surface area contributed by atoms with Gasteiger partial charge in [-0.15, -0.1) is 12.4 Å². The summed E-state index contributed by atoms with van der Waals surface area (Å²) in [5.41, 5.74) is 0.789. The molecular formula is C16H19Cl3N4O. The molecule has 2 heterocycles. The van der Waals surface area contributed by atoms with E-state index in [1.807, 2.05) is 0 Å². The van der Waals surface area contributed by atoms with Crippen LogP contribution in [0.2, 0.25) is 10.0 Å². The molecule has 2 aromatic rings. The molecular weight excluding hydrogens is 371 g/mol. The molecule has 1 aliphatic rings. The summed E-state index contributed by atoms with van der Waals surface area (Å²) in [4.78, 5) is 12.4. The monoisotopic (exact) mass is 388 g/mol. The molecule has 0 saturated carbocycles. The van der Waals surface area contributed by atoms with Crippen molar-refractivity contribution in [2.75, 3.05) is 18.4 Å². The Labute approximate surface area is 157 Å². The summed E-state index contributed by atoms with van der Waals surface area (Å²) in [6.07, 6.45) is 3.37. The van der Waals surface area contributed by atoms with Gasteiger partial charge in [0.15, 0.2) is 0 Å². The quantitative estimate of drug-likeness (QED) is 0.840. The van der Waals surface area contributed by atoms with Crippen LogP contribution in [0.3, 0.4) is 0 Å². The molecule has 1 saturated heterocycles. The number of benzene rings is 1. The van der Waals surface area contributed by atoms with Crippen LogP contribution < -0.4 is 10.6 Å². The van der Waals surface area contributed by atoms with Crippen LogP contribution in [0.25, 0.3) is 0 Å². The zero-order chi connectivity index (χ0) is 16.2. The van der Waals surface area contributed by atoms with E-state index in [1.165, 1.54) is 0 Å². The Morgan fingerprint density at radius 3 is 2.58 bits per heavy atom. The van der Waals surface area contributed by atoms with Crippen molar-refractivity contribution in [3.05, 3.63) is 46.1 Å². The van der Waals surface area contributed by atoms with Crippen molar-refractivity contribution in [1.29, 1.82) is 0 Å². The normalized spacial score (nSPS) is 14.9. The summed E-state index contributed by atoms with van der Waals surface area (Å²) in [5, 5.41) is 11.7. The smallest absolute Gasteiger partial charge is 0.228 e. The Balaban J connectivity index is 0.00000208. The Morgan fingerprint density at radius 2 is 1.92 bits per heavy atom. The number of hydrogen-bond acceptors (Lipinski definition) is 3. The van der Waals surface area contributed by atoms with Crippen LogP contribution in [0.1, 0.15) is 18.4 Å². The van der Waals surface area contributed by atoms with Gasteiger partial charge in [-0.25, -0.2) is 4.68 Å². The van der Waals surface area contributed by atoms with Gasteiger partial charge in [0.1, 0.15) is 5.82 Å². The zero-order valence-electron chi connectivity index (χ0n) is 13.0. The molecule has 8 heteroatoms. The molecule has 1 fully saturated rings. The molecule has 0 radical (unpaired) electrons. The first-order chi connectivity index (χ1) is 11.1. The van der Waals surface area contributed by atoms with Crippen LogP contribution in [-0.2, 0) is 11.3 Å². The maximum Gasteiger partial charge on any atom is 0.228 e. The molecule has 1 amide bonds. The van der Waals surface area contributed by atoms with Crippen LogP contribution >= 0.6 is 35.6 Å². The van der Waals surface area contributed by atoms with Crippen molar-refractivity contribution >= 4 is 47.3 Å². The van der Waals surface area contributed by atoms with Crippen molar-refractivity contribution in [3.63, 3.8) is 0 Å². The highest BCUT2D eigenvalue weighted by molar-refractivity contribution is 6.35. The summed E-state index contributed by atoms with van der Waals surface area (Å²) in [6, 6.07) is 7.17. The lowest BCUT2D eigenvalue weighted by atomic mass is 9.97. The average molecular weight is 390 g/mol. The Kier molecular flexibility index (Phi) is 6.92. The minimum Gasteiger partial charge on any atom is -0.317 e. The van der Waals surface area contributed by atoms with Gasteiger partial charge in [0.05, 0.1) is 12.7 Å². The summed E-state index contributed by atoms with van der Waals surface area (Å²) in [5.74, 6) is 0.742. The number of carbonyl (C=O) groups excluding carboxylic acids is 1.